The second-order valence-corrected chi connectivity index (χ2v) is 4.28. The maximum atomic E-state index is 5.36. The molecule has 0 aromatic rings. The van der Waals surface area contributed by atoms with E-state index < -0.39 is 0 Å². The summed E-state index contributed by atoms with van der Waals surface area (Å²) in [4.78, 5) is 4.26. The molecular formula is C10H18N2O. The molecular weight excluding hydrogens is 164 g/mol. The molecule has 1 fully saturated rings. The number of amidine groups is 1. The Kier molecular flexibility index (Phi) is 2.42. The molecule has 0 atom stereocenters. The van der Waals surface area contributed by atoms with Gasteiger partial charge in [0, 0.05) is 5.54 Å². The molecule has 0 amide bonds. The number of ether oxygens (including phenoxy) is 1. The average Bonchev–Trinajstić information content (AvgIpc) is 2.57. The summed E-state index contributed by atoms with van der Waals surface area (Å²) in [7, 11) is 0. The molecule has 0 bridgehead atoms. The van der Waals surface area contributed by atoms with Crippen LogP contribution < -0.4 is 5.32 Å². The van der Waals surface area contributed by atoms with Crippen molar-refractivity contribution < 1.29 is 4.74 Å². The molecule has 0 saturated heterocycles. The second kappa shape index (κ2) is 3.56. The second-order valence-electron chi connectivity index (χ2n) is 4.28. The van der Waals surface area contributed by atoms with Crippen LogP contribution in [0.3, 0.4) is 0 Å². The van der Waals surface area contributed by atoms with Gasteiger partial charge in [-0.3, -0.25) is 0 Å². The maximum Gasteiger partial charge on any atom is 0.285 e. The van der Waals surface area contributed by atoms with Crippen LogP contribution in [0.2, 0.25) is 0 Å². The highest BCUT2D eigenvalue weighted by Gasteiger charge is 2.28. The van der Waals surface area contributed by atoms with E-state index >= 15 is 0 Å². The standard InChI is InChI=1S/C10H18N2O/c1-10(5-3-2-4-6-10)12-9-11-7-8-13-9/h2-8H2,1H3,(H,11,12). The van der Waals surface area contributed by atoms with Crippen molar-refractivity contribution in [3.8, 4) is 0 Å². The minimum Gasteiger partial charge on any atom is -0.463 e. The SMILES string of the molecule is CC1(NC2=NCCO2)CCCCC1. The lowest BCUT2D eigenvalue weighted by atomic mass is 9.83. The Morgan fingerprint density at radius 1 is 1.31 bits per heavy atom. The average molecular weight is 182 g/mol. The smallest absolute Gasteiger partial charge is 0.285 e. The van der Waals surface area contributed by atoms with Crippen molar-refractivity contribution in [1.29, 1.82) is 0 Å². The van der Waals surface area contributed by atoms with Crippen LogP contribution in [-0.2, 0) is 4.74 Å². The third kappa shape index (κ3) is 2.14. The predicted octanol–water partition coefficient (Wildman–Crippen LogP) is 1.68. The van der Waals surface area contributed by atoms with Crippen LogP contribution in [0.25, 0.3) is 0 Å². The van der Waals surface area contributed by atoms with E-state index in [1.165, 1.54) is 32.1 Å². The molecule has 3 heteroatoms. The van der Waals surface area contributed by atoms with Crippen molar-refractivity contribution in [3.63, 3.8) is 0 Å². The monoisotopic (exact) mass is 182 g/mol. The first kappa shape index (κ1) is 8.85. The first-order valence-electron chi connectivity index (χ1n) is 5.24. The zero-order valence-electron chi connectivity index (χ0n) is 8.31. The van der Waals surface area contributed by atoms with Gasteiger partial charge >= 0.3 is 0 Å². The van der Waals surface area contributed by atoms with E-state index in [0.29, 0.717) is 0 Å². The van der Waals surface area contributed by atoms with Crippen LogP contribution in [0.15, 0.2) is 4.99 Å². The minimum atomic E-state index is 0.238. The van der Waals surface area contributed by atoms with Crippen LogP contribution in [0.1, 0.15) is 39.0 Å². The van der Waals surface area contributed by atoms with Crippen molar-refractivity contribution in [2.75, 3.05) is 13.2 Å². The van der Waals surface area contributed by atoms with Crippen molar-refractivity contribution in [3.05, 3.63) is 0 Å². The summed E-state index contributed by atoms with van der Waals surface area (Å²) in [6.07, 6.45) is 6.53. The molecule has 2 rings (SSSR count). The fraction of sp³-hybridized carbons (Fsp3) is 0.900. The molecule has 0 radical (unpaired) electrons. The fourth-order valence-corrected chi connectivity index (χ4v) is 2.13. The normalized spacial score (nSPS) is 26.4. The molecule has 0 aromatic carbocycles. The Morgan fingerprint density at radius 2 is 2.08 bits per heavy atom. The minimum absolute atomic E-state index is 0.238. The van der Waals surface area contributed by atoms with Gasteiger partial charge in [-0.1, -0.05) is 19.3 Å². The molecule has 2 aliphatic rings. The van der Waals surface area contributed by atoms with Gasteiger partial charge < -0.3 is 10.1 Å². The largest absolute Gasteiger partial charge is 0.463 e. The zero-order valence-corrected chi connectivity index (χ0v) is 8.31. The molecule has 1 aliphatic carbocycles. The maximum absolute atomic E-state index is 5.36. The molecule has 1 N–H and O–H groups in total. The molecule has 0 aromatic heterocycles. The summed E-state index contributed by atoms with van der Waals surface area (Å²) in [5.74, 6) is 0. The molecule has 74 valence electrons. The molecule has 0 unspecified atom stereocenters. The quantitative estimate of drug-likeness (QED) is 0.669. The topological polar surface area (TPSA) is 33.6 Å². The highest BCUT2D eigenvalue weighted by atomic mass is 16.5. The summed E-state index contributed by atoms with van der Waals surface area (Å²) >= 11 is 0. The van der Waals surface area contributed by atoms with Gasteiger partial charge in [0.05, 0.1) is 6.54 Å². The van der Waals surface area contributed by atoms with Crippen LogP contribution in [0.4, 0.5) is 0 Å². The number of hydrogen-bond donors (Lipinski definition) is 1. The van der Waals surface area contributed by atoms with E-state index in [9.17, 15) is 0 Å². The van der Waals surface area contributed by atoms with Crippen LogP contribution in [-0.4, -0.2) is 24.7 Å². The summed E-state index contributed by atoms with van der Waals surface area (Å²) in [6, 6.07) is 0.768. The van der Waals surface area contributed by atoms with Gasteiger partial charge in [0.1, 0.15) is 6.61 Å². The summed E-state index contributed by atoms with van der Waals surface area (Å²) < 4.78 is 5.36. The first-order chi connectivity index (χ1) is 6.29. The van der Waals surface area contributed by atoms with Crippen LogP contribution >= 0.6 is 0 Å². The van der Waals surface area contributed by atoms with Gasteiger partial charge in [0.15, 0.2) is 0 Å². The van der Waals surface area contributed by atoms with E-state index in [2.05, 4.69) is 17.2 Å². The highest BCUT2D eigenvalue weighted by molar-refractivity contribution is 5.75. The van der Waals surface area contributed by atoms with Gasteiger partial charge in [0.2, 0.25) is 0 Å². The van der Waals surface area contributed by atoms with Crippen molar-refractivity contribution >= 4 is 6.02 Å². The molecule has 13 heavy (non-hydrogen) atoms. The van der Waals surface area contributed by atoms with Gasteiger partial charge in [-0.15, -0.1) is 0 Å². The van der Waals surface area contributed by atoms with Gasteiger partial charge in [-0.05, 0) is 19.8 Å². The Bertz CT molecular complexity index is 207. The predicted molar refractivity (Wildman–Crippen MR) is 52.9 cm³/mol. The molecule has 3 nitrogen and oxygen atoms in total. The highest BCUT2D eigenvalue weighted by Crippen LogP contribution is 2.27. The number of aliphatic imine (C=N–C) groups is 1. The van der Waals surface area contributed by atoms with E-state index in [0.717, 1.165) is 19.2 Å². The van der Waals surface area contributed by atoms with Gasteiger partial charge in [0.25, 0.3) is 6.02 Å². The molecule has 1 aliphatic heterocycles. The van der Waals surface area contributed by atoms with Crippen molar-refractivity contribution in [2.24, 2.45) is 4.99 Å². The number of nitrogens with zero attached hydrogens (tertiary/aromatic N) is 1. The fourth-order valence-electron chi connectivity index (χ4n) is 2.13. The molecule has 1 heterocycles. The molecule has 1 saturated carbocycles. The third-order valence-electron chi connectivity index (χ3n) is 2.95. The van der Waals surface area contributed by atoms with E-state index in [1.54, 1.807) is 0 Å². The first-order valence-corrected chi connectivity index (χ1v) is 5.24. The number of nitrogens with one attached hydrogen (secondary N) is 1. The van der Waals surface area contributed by atoms with Crippen molar-refractivity contribution in [1.82, 2.24) is 5.32 Å². The Morgan fingerprint density at radius 3 is 2.69 bits per heavy atom. The van der Waals surface area contributed by atoms with Crippen LogP contribution in [0, 0.1) is 0 Å². The van der Waals surface area contributed by atoms with E-state index in [4.69, 9.17) is 4.74 Å². The van der Waals surface area contributed by atoms with Gasteiger partial charge in [-0.2, -0.15) is 0 Å². The zero-order chi connectivity index (χ0) is 9.15. The lowest BCUT2D eigenvalue weighted by Crippen LogP contribution is -2.47. The third-order valence-corrected chi connectivity index (χ3v) is 2.95. The van der Waals surface area contributed by atoms with Crippen LogP contribution in [0.5, 0.6) is 0 Å². The van der Waals surface area contributed by atoms with Gasteiger partial charge in [-0.25, -0.2) is 4.99 Å². The molecule has 0 spiro atoms. The summed E-state index contributed by atoms with van der Waals surface area (Å²) in [5.41, 5.74) is 0.238. The van der Waals surface area contributed by atoms with E-state index in [-0.39, 0.29) is 5.54 Å². The number of hydrogen-bond acceptors (Lipinski definition) is 3. The Labute approximate surface area is 79.6 Å². The number of rotatable bonds is 1. The van der Waals surface area contributed by atoms with Crippen molar-refractivity contribution in [2.45, 2.75) is 44.6 Å². The Balaban J connectivity index is 1.90. The summed E-state index contributed by atoms with van der Waals surface area (Å²) in [5, 5.41) is 3.42. The lowest BCUT2D eigenvalue weighted by Gasteiger charge is -2.34. The lowest BCUT2D eigenvalue weighted by molar-refractivity contribution is 0.254. The van der Waals surface area contributed by atoms with E-state index in [1.807, 2.05) is 0 Å². The Hall–Kier alpha value is -0.730. The summed E-state index contributed by atoms with van der Waals surface area (Å²) in [6.45, 7) is 3.84.